The largest absolute Gasteiger partial charge is 0.494 e. The average Bonchev–Trinajstić information content (AvgIpc) is 3.08. The number of carbonyl (C=O) groups is 1. The second-order valence-electron chi connectivity index (χ2n) is 12.0. The van der Waals surface area contributed by atoms with E-state index < -0.39 is 17.3 Å². The lowest BCUT2D eigenvalue weighted by Crippen LogP contribution is -2.49. The molecule has 1 saturated heterocycles. The molecule has 4 aromatic carbocycles. The SMILES string of the molecule is CC(CCOc1cccc(CC(=O)N2CCOCC2)c1)N(Cc1cccc(C(F)(F)F)c1Cl)C(C)(c1ccccc1)c1ccccc1.Cl. The Hall–Kier alpha value is -3.56. The average molecular weight is 702 g/mol. The van der Waals surface area contributed by atoms with Crippen molar-refractivity contribution in [3.8, 4) is 5.75 Å². The summed E-state index contributed by atoms with van der Waals surface area (Å²) >= 11 is 6.46. The number of nitrogens with zero attached hydrogens (tertiary/aromatic N) is 2. The fourth-order valence-electron chi connectivity index (χ4n) is 6.23. The fraction of sp³-hybridized carbons (Fsp3) is 0.342. The number of hydrogen-bond donors (Lipinski definition) is 0. The Labute approximate surface area is 292 Å². The zero-order valence-electron chi connectivity index (χ0n) is 27.1. The molecule has 5 nitrogen and oxygen atoms in total. The van der Waals surface area contributed by atoms with Crippen molar-refractivity contribution >= 4 is 29.9 Å². The molecule has 1 amide bonds. The molecule has 1 unspecified atom stereocenters. The van der Waals surface area contributed by atoms with Crippen LogP contribution in [0.1, 0.15) is 48.1 Å². The molecule has 1 aliphatic heterocycles. The molecular weight excluding hydrogens is 660 g/mol. The highest BCUT2D eigenvalue weighted by Gasteiger charge is 2.40. The van der Waals surface area contributed by atoms with Crippen LogP contribution in [0, 0.1) is 0 Å². The summed E-state index contributed by atoms with van der Waals surface area (Å²) in [5.41, 5.74) is 1.69. The van der Waals surface area contributed by atoms with E-state index in [9.17, 15) is 18.0 Å². The van der Waals surface area contributed by atoms with E-state index >= 15 is 0 Å². The predicted octanol–water partition coefficient (Wildman–Crippen LogP) is 8.81. The van der Waals surface area contributed by atoms with Crippen LogP contribution in [0.2, 0.25) is 5.02 Å². The van der Waals surface area contributed by atoms with Crippen molar-refractivity contribution in [1.82, 2.24) is 9.80 Å². The Morgan fingerprint density at radius 2 is 1.52 bits per heavy atom. The van der Waals surface area contributed by atoms with Gasteiger partial charge >= 0.3 is 6.18 Å². The first-order valence-corrected chi connectivity index (χ1v) is 16.2. The van der Waals surface area contributed by atoms with E-state index in [0.717, 1.165) is 22.8 Å². The van der Waals surface area contributed by atoms with Gasteiger partial charge in [-0.1, -0.05) is 96.5 Å². The van der Waals surface area contributed by atoms with Crippen molar-refractivity contribution in [1.29, 1.82) is 0 Å². The Bertz CT molecular complexity index is 1580. The molecule has 48 heavy (non-hydrogen) atoms. The maximum atomic E-state index is 13.9. The molecule has 1 aliphatic rings. The van der Waals surface area contributed by atoms with Gasteiger partial charge in [-0.3, -0.25) is 9.69 Å². The van der Waals surface area contributed by atoms with Crippen LogP contribution in [0.25, 0.3) is 0 Å². The lowest BCUT2D eigenvalue weighted by molar-refractivity contribution is -0.137. The lowest BCUT2D eigenvalue weighted by atomic mass is 9.81. The van der Waals surface area contributed by atoms with Gasteiger partial charge in [0, 0.05) is 25.7 Å². The van der Waals surface area contributed by atoms with E-state index in [1.807, 2.05) is 89.8 Å². The highest BCUT2D eigenvalue weighted by molar-refractivity contribution is 6.32. The molecule has 0 spiro atoms. The molecule has 0 radical (unpaired) electrons. The highest BCUT2D eigenvalue weighted by atomic mass is 35.5. The second kappa shape index (κ2) is 16.7. The van der Waals surface area contributed by atoms with Gasteiger partial charge < -0.3 is 14.4 Å². The first-order valence-electron chi connectivity index (χ1n) is 15.9. The van der Waals surface area contributed by atoms with Crippen LogP contribution in [0.4, 0.5) is 13.2 Å². The van der Waals surface area contributed by atoms with E-state index in [0.29, 0.717) is 50.6 Å². The monoisotopic (exact) mass is 700 g/mol. The molecule has 0 aliphatic carbocycles. The zero-order chi connectivity index (χ0) is 33.4. The maximum absolute atomic E-state index is 13.9. The quantitative estimate of drug-likeness (QED) is 0.148. The molecule has 0 bridgehead atoms. The predicted molar refractivity (Wildman–Crippen MR) is 186 cm³/mol. The van der Waals surface area contributed by atoms with Crippen LogP contribution in [0.3, 0.4) is 0 Å². The summed E-state index contributed by atoms with van der Waals surface area (Å²) in [5.74, 6) is 0.718. The molecule has 0 saturated carbocycles. The number of amides is 1. The Kier molecular flexibility index (Phi) is 13.0. The normalized spacial score (nSPS) is 14.4. The van der Waals surface area contributed by atoms with Crippen LogP contribution in [-0.4, -0.2) is 54.7 Å². The molecular formula is C38H41Cl2F3N2O3. The summed E-state index contributed by atoms with van der Waals surface area (Å²) in [5, 5.41) is -0.291. The summed E-state index contributed by atoms with van der Waals surface area (Å²) in [6, 6.07) is 31.4. The number of halogens is 5. The summed E-state index contributed by atoms with van der Waals surface area (Å²) < 4.78 is 53.2. The van der Waals surface area contributed by atoms with Gasteiger partial charge in [0.25, 0.3) is 0 Å². The van der Waals surface area contributed by atoms with Gasteiger partial charge in [0.1, 0.15) is 5.75 Å². The van der Waals surface area contributed by atoms with E-state index in [1.54, 1.807) is 6.07 Å². The first kappa shape index (κ1) is 37.3. The molecule has 5 rings (SSSR count). The van der Waals surface area contributed by atoms with Crippen molar-refractivity contribution < 1.29 is 27.4 Å². The number of hydrogen-bond acceptors (Lipinski definition) is 4. The van der Waals surface area contributed by atoms with Gasteiger partial charge in [-0.05, 0) is 60.7 Å². The van der Waals surface area contributed by atoms with E-state index in [1.165, 1.54) is 6.07 Å². The van der Waals surface area contributed by atoms with Crippen molar-refractivity contribution in [3.63, 3.8) is 0 Å². The van der Waals surface area contributed by atoms with Gasteiger partial charge in [0.15, 0.2) is 0 Å². The number of benzene rings is 4. The smallest absolute Gasteiger partial charge is 0.417 e. The molecule has 10 heteroatoms. The number of morpholine rings is 1. The maximum Gasteiger partial charge on any atom is 0.417 e. The number of carbonyl (C=O) groups excluding carboxylic acids is 1. The van der Waals surface area contributed by atoms with Crippen LogP contribution in [0.15, 0.2) is 103 Å². The summed E-state index contributed by atoms with van der Waals surface area (Å²) in [6.45, 7) is 6.99. The molecule has 4 aromatic rings. The van der Waals surface area contributed by atoms with Gasteiger partial charge in [-0.25, -0.2) is 0 Å². The molecule has 1 heterocycles. The van der Waals surface area contributed by atoms with Crippen molar-refractivity contribution in [2.24, 2.45) is 0 Å². The van der Waals surface area contributed by atoms with Gasteiger partial charge in [0.05, 0.1) is 42.4 Å². The third-order valence-corrected chi connectivity index (χ3v) is 9.37. The van der Waals surface area contributed by atoms with Crippen LogP contribution in [-0.2, 0) is 34.2 Å². The summed E-state index contributed by atoms with van der Waals surface area (Å²) in [7, 11) is 0. The third kappa shape index (κ3) is 8.91. The van der Waals surface area contributed by atoms with Gasteiger partial charge in [-0.2, -0.15) is 13.2 Å². The Morgan fingerprint density at radius 1 is 0.917 bits per heavy atom. The van der Waals surface area contributed by atoms with E-state index in [4.69, 9.17) is 21.1 Å². The Morgan fingerprint density at radius 3 is 2.12 bits per heavy atom. The molecule has 256 valence electrons. The topological polar surface area (TPSA) is 42.0 Å². The minimum atomic E-state index is -4.57. The van der Waals surface area contributed by atoms with Gasteiger partial charge in [0.2, 0.25) is 5.91 Å². The van der Waals surface area contributed by atoms with E-state index in [-0.39, 0.29) is 42.3 Å². The highest BCUT2D eigenvalue weighted by Crippen LogP contribution is 2.41. The Balaban J connectivity index is 0.00000520. The molecule has 1 atom stereocenters. The van der Waals surface area contributed by atoms with E-state index in [2.05, 4.69) is 18.7 Å². The number of rotatable bonds is 12. The lowest BCUT2D eigenvalue weighted by Gasteiger charge is -2.46. The standard InChI is InChI=1S/C38H40ClF3N2O3.ClH/c1-28(19-22-47-33-17-9-11-29(25-33)26-35(45)43-20-23-46-24-21-43)44(27-30-12-10-18-34(36(30)39)38(40,41)42)37(2,31-13-5-3-6-14-31)32-15-7-4-8-16-32;/h3-18,25,28H,19-24,26-27H2,1-2H3;1H. The summed E-state index contributed by atoms with van der Waals surface area (Å²) in [4.78, 5) is 16.8. The molecule has 0 N–H and O–H groups in total. The van der Waals surface area contributed by atoms with Crippen LogP contribution < -0.4 is 4.74 Å². The number of ether oxygens (including phenoxy) is 2. The molecule has 0 aromatic heterocycles. The van der Waals surface area contributed by atoms with Crippen LogP contribution in [0.5, 0.6) is 5.75 Å². The molecule has 1 fully saturated rings. The van der Waals surface area contributed by atoms with Crippen LogP contribution >= 0.6 is 24.0 Å². The first-order chi connectivity index (χ1) is 22.6. The summed E-state index contributed by atoms with van der Waals surface area (Å²) in [6.07, 6.45) is -3.71. The zero-order valence-corrected chi connectivity index (χ0v) is 28.7. The number of alkyl halides is 3. The van der Waals surface area contributed by atoms with Gasteiger partial charge in [-0.15, -0.1) is 12.4 Å². The van der Waals surface area contributed by atoms with Crippen molar-refractivity contribution in [3.05, 3.63) is 136 Å². The minimum Gasteiger partial charge on any atom is -0.494 e. The second-order valence-corrected chi connectivity index (χ2v) is 12.4. The minimum absolute atomic E-state index is 0. The van der Waals surface area contributed by atoms with Crippen molar-refractivity contribution in [2.45, 2.75) is 51.0 Å². The van der Waals surface area contributed by atoms with Crippen molar-refractivity contribution in [2.75, 3.05) is 32.9 Å². The third-order valence-electron chi connectivity index (χ3n) is 8.93. The fourth-order valence-corrected chi connectivity index (χ4v) is 6.52.